The molecule has 0 spiro atoms. The van der Waals surface area contributed by atoms with E-state index >= 15 is 0 Å². The number of urea groups is 1. The van der Waals surface area contributed by atoms with Gasteiger partial charge in [0, 0.05) is 4.88 Å². The second-order valence-corrected chi connectivity index (χ2v) is 6.10. The SMILES string of the molecule is NC(=O)Nc1sc(-c2ccc(C[C@H](N)C(=O)O)cc2)cc1C(N)=O. The van der Waals surface area contributed by atoms with Crippen molar-refractivity contribution in [3.05, 3.63) is 41.5 Å². The highest BCUT2D eigenvalue weighted by Crippen LogP contribution is 2.35. The molecule has 1 heterocycles. The van der Waals surface area contributed by atoms with Crippen molar-refractivity contribution < 1.29 is 19.5 Å². The molecule has 3 amide bonds. The molecule has 0 aliphatic heterocycles. The van der Waals surface area contributed by atoms with Crippen LogP contribution in [0.4, 0.5) is 9.80 Å². The van der Waals surface area contributed by atoms with E-state index in [1.54, 1.807) is 30.3 Å². The minimum atomic E-state index is -1.06. The highest BCUT2D eigenvalue weighted by atomic mass is 32.1. The van der Waals surface area contributed by atoms with Crippen LogP contribution >= 0.6 is 11.3 Å². The van der Waals surface area contributed by atoms with Crippen molar-refractivity contribution in [2.45, 2.75) is 12.5 Å². The number of hydrogen-bond acceptors (Lipinski definition) is 5. The lowest BCUT2D eigenvalue weighted by Gasteiger charge is -2.06. The molecule has 8 nitrogen and oxygen atoms in total. The van der Waals surface area contributed by atoms with Gasteiger partial charge in [-0.2, -0.15) is 0 Å². The van der Waals surface area contributed by atoms with Gasteiger partial charge in [0.1, 0.15) is 11.0 Å². The number of carbonyl (C=O) groups is 3. The monoisotopic (exact) mass is 348 g/mol. The molecule has 0 unspecified atom stereocenters. The predicted octanol–water partition coefficient (Wildman–Crippen LogP) is 0.959. The van der Waals surface area contributed by atoms with Crippen LogP contribution in [0.15, 0.2) is 30.3 Å². The number of nitrogens with one attached hydrogen (secondary N) is 1. The van der Waals surface area contributed by atoms with Crippen LogP contribution in [0.25, 0.3) is 10.4 Å². The van der Waals surface area contributed by atoms with Crippen LogP contribution in [0.3, 0.4) is 0 Å². The number of amides is 3. The van der Waals surface area contributed by atoms with Crippen molar-refractivity contribution in [2.75, 3.05) is 5.32 Å². The highest BCUT2D eigenvalue weighted by molar-refractivity contribution is 7.20. The molecule has 24 heavy (non-hydrogen) atoms. The van der Waals surface area contributed by atoms with E-state index < -0.39 is 23.9 Å². The molecule has 1 atom stereocenters. The van der Waals surface area contributed by atoms with E-state index in [9.17, 15) is 14.4 Å². The molecule has 8 N–H and O–H groups in total. The first-order chi connectivity index (χ1) is 11.3. The molecule has 0 aliphatic carbocycles. The van der Waals surface area contributed by atoms with E-state index in [4.69, 9.17) is 22.3 Å². The number of carboxylic acids is 1. The predicted molar refractivity (Wildman–Crippen MR) is 90.8 cm³/mol. The second-order valence-electron chi connectivity index (χ2n) is 5.05. The number of carboxylic acid groups (broad SMARTS) is 1. The maximum atomic E-state index is 11.5. The van der Waals surface area contributed by atoms with E-state index in [0.29, 0.717) is 4.88 Å². The van der Waals surface area contributed by atoms with Crippen LogP contribution in [0.2, 0.25) is 0 Å². The van der Waals surface area contributed by atoms with E-state index in [-0.39, 0.29) is 17.0 Å². The summed E-state index contributed by atoms with van der Waals surface area (Å²) in [6.45, 7) is 0. The van der Waals surface area contributed by atoms with Crippen LogP contribution in [-0.4, -0.2) is 29.1 Å². The summed E-state index contributed by atoms with van der Waals surface area (Å²) in [5.74, 6) is -1.74. The first-order valence-corrected chi connectivity index (χ1v) is 7.67. The van der Waals surface area contributed by atoms with Gasteiger partial charge in [0.15, 0.2) is 0 Å². The standard InChI is InChI=1S/C15H16N4O4S/c16-10(14(21)22)5-7-1-3-8(4-2-7)11-6-9(12(17)20)13(24-11)19-15(18)23/h1-4,6,10H,5,16H2,(H2,17,20)(H,21,22)(H3,18,19,23)/t10-/m0/s1. The van der Waals surface area contributed by atoms with Gasteiger partial charge in [-0.05, 0) is 23.6 Å². The van der Waals surface area contributed by atoms with Gasteiger partial charge in [-0.3, -0.25) is 14.9 Å². The zero-order chi connectivity index (χ0) is 17.9. The van der Waals surface area contributed by atoms with Gasteiger partial charge >= 0.3 is 12.0 Å². The summed E-state index contributed by atoms with van der Waals surface area (Å²) < 4.78 is 0. The molecule has 1 aromatic heterocycles. The van der Waals surface area contributed by atoms with Crippen molar-refractivity contribution in [1.29, 1.82) is 0 Å². The first-order valence-electron chi connectivity index (χ1n) is 6.85. The van der Waals surface area contributed by atoms with E-state index in [1.807, 2.05) is 0 Å². The number of nitrogens with two attached hydrogens (primary N) is 3. The smallest absolute Gasteiger partial charge is 0.320 e. The molecule has 2 rings (SSSR count). The Hall–Kier alpha value is -2.91. The summed E-state index contributed by atoms with van der Waals surface area (Å²) in [5, 5.41) is 11.5. The fourth-order valence-corrected chi connectivity index (χ4v) is 3.14. The summed E-state index contributed by atoms with van der Waals surface area (Å²) in [7, 11) is 0. The van der Waals surface area contributed by atoms with Crippen molar-refractivity contribution in [3.63, 3.8) is 0 Å². The lowest BCUT2D eigenvalue weighted by Crippen LogP contribution is -2.32. The Balaban J connectivity index is 2.27. The van der Waals surface area contributed by atoms with Crippen LogP contribution in [0, 0.1) is 0 Å². The largest absolute Gasteiger partial charge is 0.480 e. The minimum Gasteiger partial charge on any atom is -0.480 e. The maximum Gasteiger partial charge on any atom is 0.320 e. The van der Waals surface area contributed by atoms with E-state index in [0.717, 1.165) is 22.5 Å². The number of hydrogen-bond donors (Lipinski definition) is 5. The molecular formula is C15H16N4O4S. The fourth-order valence-electron chi connectivity index (χ4n) is 2.07. The second kappa shape index (κ2) is 7.11. The zero-order valence-corrected chi connectivity index (χ0v) is 13.3. The van der Waals surface area contributed by atoms with Crippen molar-refractivity contribution in [3.8, 4) is 10.4 Å². The van der Waals surface area contributed by atoms with Gasteiger partial charge in [0.05, 0.1) is 5.56 Å². The van der Waals surface area contributed by atoms with Crippen molar-refractivity contribution >= 4 is 34.2 Å². The van der Waals surface area contributed by atoms with Crippen LogP contribution in [0.1, 0.15) is 15.9 Å². The Bertz CT molecular complexity index is 785. The van der Waals surface area contributed by atoms with Crippen molar-refractivity contribution in [1.82, 2.24) is 0 Å². The third-order valence-corrected chi connectivity index (χ3v) is 4.35. The lowest BCUT2D eigenvalue weighted by atomic mass is 10.0. The van der Waals surface area contributed by atoms with Gasteiger partial charge in [0.25, 0.3) is 5.91 Å². The highest BCUT2D eigenvalue weighted by Gasteiger charge is 2.16. The Labute approximate surface area is 141 Å². The number of benzene rings is 1. The quantitative estimate of drug-likeness (QED) is 0.524. The summed E-state index contributed by atoms with van der Waals surface area (Å²) in [4.78, 5) is 33.9. The van der Waals surface area contributed by atoms with Gasteiger partial charge < -0.3 is 22.3 Å². The average Bonchev–Trinajstić information content (AvgIpc) is 2.91. The van der Waals surface area contributed by atoms with Crippen molar-refractivity contribution in [2.24, 2.45) is 17.2 Å². The molecule has 0 saturated heterocycles. The Morgan fingerprint density at radius 3 is 2.29 bits per heavy atom. The molecule has 9 heteroatoms. The molecule has 0 saturated carbocycles. The van der Waals surface area contributed by atoms with Crippen LogP contribution in [0.5, 0.6) is 0 Å². The van der Waals surface area contributed by atoms with E-state index in [2.05, 4.69) is 5.32 Å². The molecule has 0 fully saturated rings. The van der Waals surface area contributed by atoms with E-state index in [1.165, 1.54) is 0 Å². The van der Waals surface area contributed by atoms with Crippen LogP contribution < -0.4 is 22.5 Å². The number of aliphatic carboxylic acids is 1. The number of thiophene rings is 1. The van der Waals surface area contributed by atoms with Gasteiger partial charge in [0.2, 0.25) is 0 Å². The molecule has 0 radical (unpaired) electrons. The number of primary amides is 2. The number of carbonyl (C=O) groups excluding carboxylic acids is 2. The third kappa shape index (κ3) is 4.09. The fraction of sp³-hybridized carbons (Fsp3) is 0.133. The topological polar surface area (TPSA) is 162 Å². The Morgan fingerprint density at radius 2 is 1.79 bits per heavy atom. The molecule has 0 bridgehead atoms. The van der Waals surface area contributed by atoms with Gasteiger partial charge in [-0.15, -0.1) is 11.3 Å². The summed E-state index contributed by atoms with van der Waals surface area (Å²) in [6.07, 6.45) is 0.209. The summed E-state index contributed by atoms with van der Waals surface area (Å²) in [5.41, 5.74) is 17.6. The summed E-state index contributed by atoms with van der Waals surface area (Å²) >= 11 is 1.16. The maximum absolute atomic E-state index is 11.5. The minimum absolute atomic E-state index is 0.172. The Kier molecular flexibility index (Phi) is 5.17. The number of anilines is 1. The first kappa shape index (κ1) is 17.4. The molecular weight excluding hydrogens is 332 g/mol. The third-order valence-electron chi connectivity index (χ3n) is 3.25. The Morgan fingerprint density at radius 1 is 1.17 bits per heavy atom. The molecule has 126 valence electrons. The van der Waals surface area contributed by atoms with Crippen LogP contribution in [-0.2, 0) is 11.2 Å². The zero-order valence-electron chi connectivity index (χ0n) is 12.5. The molecule has 1 aromatic carbocycles. The van der Waals surface area contributed by atoms with Gasteiger partial charge in [-0.1, -0.05) is 24.3 Å². The molecule has 0 aliphatic rings. The number of rotatable bonds is 6. The normalized spacial score (nSPS) is 11.7. The van der Waals surface area contributed by atoms with Gasteiger partial charge in [-0.25, -0.2) is 4.79 Å². The summed E-state index contributed by atoms with van der Waals surface area (Å²) in [6, 6.07) is 6.86. The molecule has 2 aromatic rings. The lowest BCUT2D eigenvalue weighted by molar-refractivity contribution is -0.138. The average molecular weight is 348 g/mol.